The van der Waals surface area contributed by atoms with Crippen molar-refractivity contribution in [2.24, 2.45) is 5.10 Å². The van der Waals surface area contributed by atoms with Crippen LogP contribution in [0.4, 0.5) is 4.79 Å². The van der Waals surface area contributed by atoms with Crippen LogP contribution in [0.2, 0.25) is 0 Å². The molecule has 0 bridgehead atoms. The largest absolute Gasteiger partial charge is 0.486 e. The second-order valence-electron chi connectivity index (χ2n) is 0.776. The standard InChI is InChI=1S/C3H6N3O.Y/c1-2-5-6-3(4)7;/h1H3,(H3,4,6,7);/q-1;/p-1. The Bertz CT molecular complexity index is 92.5. The van der Waals surface area contributed by atoms with Crippen LogP contribution in [-0.2, 0) is 32.7 Å². The molecule has 4 nitrogen and oxygen atoms in total. The van der Waals surface area contributed by atoms with Crippen LogP contribution in [0.3, 0.4) is 0 Å². The van der Waals surface area contributed by atoms with Gasteiger partial charge in [0.25, 0.3) is 0 Å². The van der Waals surface area contributed by atoms with Crippen LogP contribution in [0.5, 0.6) is 0 Å². The minimum atomic E-state index is -0.922. The second kappa shape index (κ2) is 7.04. The molecule has 0 fully saturated rings. The number of hydrazone groups is 1. The van der Waals surface area contributed by atoms with E-state index in [1.54, 1.807) is 0 Å². The molecule has 0 heterocycles. The Morgan fingerprint density at radius 3 is 2.50 bits per heavy atom. The zero-order valence-electron chi connectivity index (χ0n) is 4.43. The SMILES string of the molecule is C[C-]=NNC([NH-])=O.[Y]. The van der Waals surface area contributed by atoms with Gasteiger partial charge in [0.15, 0.2) is 6.03 Å². The molecular formula is C3H5N3OY-2. The quantitative estimate of drug-likeness (QED) is 0.366. The maximum absolute atomic E-state index is 9.62. The van der Waals surface area contributed by atoms with Gasteiger partial charge in [0.2, 0.25) is 0 Å². The van der Waals surface area contributed by atoms with Gasteiger partial charge in [0.05, 0.1) is 0 Å². The van der Waals surface area contributed by atoms with Crippen LogP contribution in [0.25, 0.3) is 5.73 Å². The van der Waals surface area contributed by atoms with Crippen molar-refractivity contribution in [3.05, 3.63) is 5.73 Å². The number of carbonyl (C=O) groups excluding carboxylic acids is 1. The van der Waals surface area contributed by atoms with E-state index in [0.717, 1.165) is 0 Å². The van der Waals surface area contributed by atoms with Gasteiger partial charge in [-0.15, -0.1) is 0 Å². The van der Waals surface area contributed by atoms with Gasteiger partial charge in [0, 0.05) is 32.7 Å². The molecule has 0 unspecified atom stereocenters. The summed E-state index contributed by atoms with van der Waals surface area (Å²) < 4.78 is 0. The van der Waals surface area contributed by atoms with E-state index < -0.39 is 6.03 Å². The first-order chi connectivity index (χ1) is 3.27. The summed E-state index contributed by atoms with van der Waals surface area (Å²) >= 11 is 0. The summed E-state index contributed by atoms with van der Waals surface area (Å²) in [5, 5.41) is 3.13. The zero-order chi connectivity index (χ0) is 5.70. The van der Waals surface area contributed by atoms with Crippen LogP contribution in [-0.4, -0.2) is 12.2 Å². The number of urea groups is 1. The summed E-state index contributed by atoms with van der Waals surface area (Å²) in [5.41, 5.74) is 8.03. The van der Waals surface area contributed by atoms with Crippen molar-refractivity contribution in [2.45, 2.75) is 6.92 Å². The summed E-state index contributed by atoms with van der Waals surface area (Å²) in [6, 6.07) is -0.922. The average molecular weight is 188 g/mol. The molecule has 2 amide bonds. The predicted octanol–water partition coefficient (Wildman–Crippen LogP) is 0.628. The molecular weight excluding hydrogens is 183 g/mol. The van der Waals surface area contributed by atoms with E-state index in [2.05, 4.69) is 11.3 Å². The van der Waals surface area contributed by atoms with E-state index in [9.17, 15) is 4.79 Å². The number of nitrogens with zero attached hydrogens (tertiary/aromatic N) is 1. The molecule has 0 rings (SSSR count). The van der Waals surface area contributed by atoms with Crippen LogP contribution >= 0.6 is 0 Å². The summed E-state index contributed by atoms with van der Waals surface area (Å²) in [4.78, 5) is 9.62. The number of hydrogen-bond donors (Lipinski definition) is 1. The number of nitrogens with one attached hydrogen (secondary N) is 2. The molecule has 0 aromatic carbocycles. The third-order valence-corrected chi connectivity index (χ3v) is 0.269. The second-order valence-corrected chi connectivity index (χ2v) is 0.776. The van der Waals surface area contributed by atoms with Crippen molar-refractivity contribution in [3.63, 3.8) is 0 Å². The molecule has 0 spiro atoms. The fourth-order valence-corrected chi connectivity index (χ4v) is 0.107. The zero-order valence-corrected chi connectivity index (χ0v) is 7.27. The van der Waals surface area contributed by atoms with Gasteiger partial charge in [-0.3, -0.25) is 4.79 Å². The third-order valence-electron chi connectivity index (χ3n) is 0.269. The van der Waals surface area contributed by atoms with E-state index in [4.69, 9.17) is 5.73 Å². The molecule has 5 heteroatoms. The Morgan fingerprint density at radius 2 is 2.38 bits per heavy atom. The molecule has 8 heavy (non-hydrogen) atoms. The maximum Gasteiger partial charge on any atom is 0.163 e. The Hall–Kier alpha value is 0.0439. The minimum Gasteiger partial charge on any atom is -0.486 e. The van der Waals surface area contributed by atoms with E-state index in [-0.39, 0.29) is 32.7 Å². The minimum absolute atomic E-state index is 0. The van der Waals surface area contributed by atoms with Crippen molar-refractivity contribution in [3.8, 4) is 0 Å². The van der Waals surface area contributed by atoms with Gasteiger partial charge in [-0.05, 0) is 0 Å². The molecule has 43 valence electrons. The molecule has 0 aliphatic heterocycles. The van der Waals surface area contributed by atoms with Gasteiger partial charge in [0.1, 0.15) is 0 Å². The van der Waals surface area contributed by atoms with E-state index in [0.29, 0.717) is 0 Å². The molecule has 0 atom stereocenters. The monoisotopic (exact) mass is 188 g/mol. The topological polar surface area (TPSA) is 65.3 Å². The molecule has 1 radical (unpaired) electrons. The van der Waals surface area contributed by atoms with Crippen molar-refractivity contribution in [1.82, 2.24) is 5.43 Å². The number of carbonyl (C=O) groups is 1. The summed E-state index contributed by atoms with van der Waals surface area (Å²) in [5.74, 6) is 0. The van der Waals surface area contributed by atoms with Gasteiger partial charge in [-0.25, -0.2) is 0 Å². The van der Waals surface area contributed by atoms with Crippen molar-refractivity contribution >= 4 is 12.2 Å². The van der Waals surface area contributed by atoms with Crippen LogP contribution in [0.15, 0.2) is 5.10 Å². The molecule has 2 N–H and O–H groups in total. The molecule has 0 saturated carbocycles. The molecule has 0 aromatic heterocycles. The van der Waals surface area contributed by atoms with E-state index >= 15 is 0 Å². The number of hydrogen-bond acceptors (Lipinski definition) is 2. The summed E-state index contributed by atoms with van der Waals surface area (Å²) in [6.45, 7) is 1.52. The van der Waals surface area contributed by atoms with E-state index in [1.807, 2.05) is 5.43 Å². The van der Waals surface area contributed by atoms with Gasteiger partial charge in [-0.2, -0.15) is 6.92 Å². The van der Waals surface area contributed by atoms with Crippen LogP contribution in [0.1, 0.15) is 6.92 Å². The molecule has 0 aliphatic rings. The Morgan fingerprint density at radius 1 is 1.88 bits per heavy atom. The van der Waals surface area contributed by atoms with E-state index in [1.165, 1.54) is 6.92 Å². The first kappa shape index (κ1) is 10.9. The predicted molar refractivity (Wildman–Crippen MR) is 26.0 cm³/mol. The van der Waals surface area contributed by atoms with Crippen molar-refractivity contribution in [2.75, 3.05) is 0 Å². The van der Waals surface area contributed by atoms with Crippen molar-refractivity contribution < 1.29 is 37.5 Å². The average Bonchev–Trinajstić information content (AvgIpc) is 1.61. The Balaban J connectivity index is 0. The summed E-state index contributed by atoms with van der Waals surface area (Å²) in [6.07, 6.45) is 2.27. The smallest absolute Gasteiger partial charge is 0.163 e. The van der Waals surface area contributed by atoms with Crippen molar-refractivity contribution in [1.29, 1.82) is 0 Å². The molecule has 0 aliphatic carbocycles. The fourth-order valence-electron chi connectivity index (χ4n) is 0.107. The number of amides is 2. The van der Waals surface area contributed by atoms with Crippen LogP contribution < -0.4 is 5.43 Å². The Kier molecular flexibility index (Phi) is 9.62. The molecule has 0 saturated heterocycles. The number of rotatable bonds is 1. The Labute approximate surface area is 72.8 Å². The normalized spacial score (nSPS) is 8.12. The van der Waals surface area contributed by atoms with Gasteiger partial charge < -0.3 is 22.5 Å². The van der Waals surface area contributed by atoms with Gasteiger partial charge >= 0.3 is 0 Å². The third kappa shape index (κ3) is 9.40. The first-order valence-corrected chi connectivity index (χ1v) is 1.65. The summed E-state index contributed by atoms with van der Waals surface area (Å²) in [7, 11) is 0. The molecule has 0 aromatic rings. The maximum atomic E-state index is 9.62. The fraction of sp³-hybridized carbons (Fsp3) is 0.333. The van der Waals surface area contributed by atoms with Crippen LogP contribution in [0, 0.1) is 0 Å². The van der Waals surface area contributed by atoms with Gasteiger partial charge in [-0.1, -0.05) is 0 Å². The first-order valence-electron chi connectivity index (χ1n) is 1.65.